The first-order valence-corrected chi connectivity index (χ1v) is 10.1. The van der Waals surface area contributed by atoms with E-state index in [0.717, 1.165) is 11.1 Å². The van der Waals surface area contributed by atoms with E-state index < -0.39 is 0 Å². The summed E-state index contributed by atoms with van der Waals surface area (Å²) >= 11 is 0. The minimum atomic E-state index is -0.364. The Balaban J connectivity index is 1.50. The van der Waals surface area contributed by atoms with Crippen molar-refractivity contribution < 1.29 is 9.59 Å². The zero-order chi connectivity index (χ0) is 21.8. The summed E-state index contributed by atoms with van der Waals surface area (Å²) in [5, 5.41) is 7.24. The Labute approximate surface area is 181 Å². The molecule has 0 aliphatic heterocycles. The monoisotopic (exact) mass is 409 g/mol. The first kappa shape index (κ1) is 20.3. The van der Waals surface area contributed by atoms with Gasteiger partial charge in [-0.2, -0.15) is 5.10 Å². The number of aryl methyl sites for hydroxylation is 2. The SMILES string of the molecule is Cc1ccc(Cn2ccc(NC(=O)c3ccccc3C(=O)c3ccc(C)cc3)n2)cc1. The lowest BCUT2D eigenvalue weighted by molar-refractivity contribution is 0.0996. The topological polar surface area (TPSA) is 64.0 Å². The quantitative estimate of drug-likeness (QED) is 0.454. The molecule has 4 rings (SSSR count). The van der Waals surface area contributed by atoms with Crippen LogP contribution in [0.3, 0.4) is 0 Å². The summed E-state index contributed by atoms with van der Waals surface area (Å²) in [6.45, 7) is 4.62. The number of nitrogens with zero attached hydrogens (tertiary/aromatic N) is 2. The second-order valence-corrected chi connectivity index (χ2v) is 7.58. The molecule has 1 aromatic heterocycles. The molecule has 5 heteroatoms. The van der Waals surface area contributed by atoms with E-state index in [0.29, 0.717) is 29.1 Å². The van der Waals surface area contributed by atoms with Crippen LogP contribution in [-0.4, -0.2) is 21.5 Å². The first-order chi connectivity index (χ1) is 15.0. The van der Waals surface area contributed by atoms with E-state index in [1.54, 1.807) is 47.1 Å². The number of aromatic nitrogens is 2. The Kier molecular flexibility index (Phi) is 5.76. The van der Waals surface area contributed by atoms with E-state index >= 15 is 0 Å². The van der Waals surface area contributed by atoms with E-state index in [1.165, 1.54) is 5.56 Å². The molecule has 4 aromatic rings. The van der Waals surface area contributed by atoms with Gasteiger partial charge in [-0.05, 0) is 25.5 Å². The molecule has 0 radical (unpaired) electrons. The number of carbonyl (C=O) groups is 2. The van der Waals surface area contributed by atoms with Crippen molar-refractivity contribution in [2.24, 2.45) is 0 Å². The molecule has 0 bridgehead atoms. The summed E-state index contributed by atoms with van der Waals surface area (Å²) in [6, 6.07) is 24.1. The number of carbonyl (C=O) groups excluding carboxylic acids is 2. The van der Waals surface area contributed by atoms with Crippen molar-refractivity contribution in [2.45, 2.75) is 20.4 Å². The lowest BCUT2D eigenvalue weighted by atomic mass is 9.97. The second-order valence-electron chi connectivity index (χ2n) is 7.58. The van der Waals surface area contributed by atoms with Gasteiger partial charge in [0.25, 0.3) is 5.91 Å². The number of amides is 1. The lowest BCUT2D eigenvalue weighted by Gasteiger charge is -2.09. The third-order valence-corrected chi connectivity index (χ3v) is 5.08. The van der Waals surface area contributed by atoms with Gasteiger partial charge in [0.2, 0.25) is 0 Å². The van der Waals surface area contributed by atoms with Crippen LogP contribution in [0, 0.1) is 13.8 Å². The van der Waals surface area contributed by atoms with Crippen LogP contribution in [0.5, 0.6) is 0 Å². The van der Waals surface area contributed by atoms with Crippen LogP contribution in [-0.2, 0) is 6.54 Å². The zero-order valence-corrected chi connectivity index (χ0v) is 17.5. The second kappa shape index (κ2) is 8.79. The van der Waals surface area contributed by atoms with Gasteiger partial charge < -0.3 is 5.32 Å². The van der Waals surface area contributed by atoms with Crippen LogP contribution in [0.15, 0.2) is 85.1 Å². The Hall–Kier alpha value is -3.99. The van der Waals surface area contributed by atoms with Crippen molar-refractivity contribution in [1.82, 2.24) is 9.78 Å². The Bertz CT molecular complexity index is 1220. The zero-order valence-electron chi connectivity index (χ0n) is 17.5. The highest BCUT2D eigenvalue weighted by Gasteiger charge is 2.18. The molecule has 0 atom stereocenters. The molecule has 154 valence electrons. The molecule has 0 fully saturated rings. The maximum absolute atomic E-state index is 13.0. The van der Waals surface area contributed by atoms with Crippen LogP contribution < -0.4 is 5.32 Å². The number of benzene rings is 3. The maximum atomic E-state index is 13.0. The number of nitrogens with one attached hydrogen (secondary N) is 1. The minimum absolute atomic E-state index is 0.185. The average molecular weight is 409 g/mol. The van der Waals surface area contributed by atoms with Gasteiger partial charge in [0.1, 0.15) is 0 Å². The van der Waals surface area contributed by atoms with E-state index in [9.17, 15) is 9.59 Å². The molecular weight excluding hydrogens is 386 g/mol. The fourth-order valence-electron chi connectivity index (χ4n) is 3.32. The normalized spacial score (nSPS) is 10.6. The molecule has 0 unspecified atom stereocenters. The molecule has 3 aromatic carbocycles. The maximum Gasteiger partial charge on any atom is 0.257 e. The third-order valence-electron chi connectivity index (χ3n) is 5.08. The van der Waals surface area contributed by atoms with E-state index in [-0.39, 0.29) is 11.7 Å². The highest BCUT2D eigenvalue weighted by molar-refractivity contribution is 6.17. The van der Waals surface area contributed by atoms with Gasteiger partial charge in [0, 0.05) is 23.4 Å². The summed E-state index contributed by atoms with van der Waals surface area (Å²) < 4.78 is 1.77. The Morgan fingerprint density at radius 2 is 1.42 bits per heavy atom. The standard InChI is InChI=1S/C26H23N3O2/c1-18-7-11-20(12-8-18)17-29-16-15-24(28-29)27-26(31)23-6-4-3-5-22(23)25(30)21-13-9-19(2)10-14-21/h3-16H,17H2,1-2H3,(H,27,28,31). The van der Waals surface area contributed by atoms with Crippen molar-refractivity contribution in [3.63, 3.8) is 0 Å². The third kappa shape index (κ3) is 4.78. The number of hydrogen-bond donors (Lipinski definition) is 1. The number of anilines is 1. The summed E-state index contributed by atoms with van der Waals surface area (Å²) in [4.78, 5) is 25.9. The fourth-order valence-corrected chi connectivity index (χ4v) is 3.32. The van der Waals surface area contributed by atoms with Crippen LogP contribution in [0.4, 0.5) is 5.82 Å². The molecule has 5 nitrogen and oxygen atoms in total. The first-order valence-electron chi connectivity index (χ1n) is 10.1. The molecule has 0 aliphatic carbocycles. The average Bonchev–Trinajstić information content (AvgIpc) is 3.22. The molecule has 0 saturated heterocycles. The van der Waals surface area contributed by atoms with Crippen molar-refractivity contribution in [3.05, 3.63) is 118 Å². The van der Waals surface area contributed by atoms with Crippen LogP contribution >= 0.6 is 0 Å². The largest absolute Gasteiger partial charge is 0.305 e. The lowest BCUT2D eigenvalue weighted by Crippen LogP contribution is -2.17. The summed E-state index contributed by atoms with van der Waals surface area (Å²) in [5.74, 6) is -0.109. The minimum Gasteiger partial charge on any atom is -0.305 e. The fraction of sp³-hybridized carbons (Fsp3) is 0.115. The van der Waals surface area contributed by atoms with Crippen LogP contribution in [0.25, 0.3) is 0 Å². The number of ketones is 1. The Morgan fingerprint density at radius 1 is 0.806 bits per heavy atom. The van der Waals surface area contributed by atoms with Crippen molar-refractivity contribution in [2.75, 3.05) is 5.32 Å². The molecule has 1 N–H and O–H groups in total. The van der Waals surface area contributed by atoms with Crippen LogP contribution in [0.1, 0.15) is 43.0 Å². The van der Waals surface area contributed by atoms with Crippen molar-refractivity contribution >= 4 is 17.5 Å². The highest BCUT2D eigenvalue weighted by Crippen LogP contribution is 2.17. The van der Waals surface area contributed by atoms with E-state index in [4.69, 9.17) is 0 Å². The molecular formula is C26H23N3O2. The van der Waals surface area contributed by atoms with Gasteiger partial charge >= 0.3 is 0 Å². The van der Waals surface area contributed by atoms with Gasteiger partial charge in [-0.15, -0.1) is 0 Å². The van der Waals surface area contributed by atoms with E-state index in [1.807, 2.05) is 32.2 Å². The van der Waals surface area contributed by atoms with Gasteiger partial charge in [0.05, 0.1) is 12.1 Å². The van der Waals surface area contributed by atoms with Crippen molar-refractivity contribution in [1.29, 1.82) is 0 Å². The van der Waals surface area contributed by atoms with Gasteiger partial charge in [-0.3, -0.25) is 14.3 Å². The molecule has 31 heavy (non-hydrogen) atoms. The van der Waals surface area contributed by atoms with Gasteiger partial charge in [-0.1, -0.05) is 77.9 Å². The van der Waals surface area contributed by atoms with Gasteiger partial charge in [-0.25, -0.2) is 0 Å². The van der Waals surface area contributed by atoms with Crippen LogP contribution in [0.2, 0.25) is 0 Å². The summed E-state index contributed by atoms with van der Waals surface area (Å²) in [5.41, 5.74) is 4.64. The predicted octanol–water partition coefficient (Wildman–Crippen LogP) is 5.03. The predicted molar refractivity (Wildman–Crippen MR) is 122 cm³/mol. The van der Waals surface area contributed by atoms with Crippen molar-refractivity contribution in [3.8, 4) is 0 Å². The molecule has 1 heterocycles. The number of hydrogen-bond acceptors (Lipinski definition) is 3. The molecule has 1 amide bonds. The van der Waals surface area contributed by atoms with Gasteiger partial charge in [0.15, 0.2) is 11.6 Å². The molecule has 0 spiro atoms. The summed E-state index contributed by atoms with van der Waals surface area (Å²) in [6.07, 6.45) is 1.82. The van der Waals surface area contributed by atoms with E-state index in [2.05, 4.69) is 34.7 Å². The Morgan fingerprint density at radius 3 is 2.10 bits per heavy atom. The highest BCUT2D eigenvalue weighted by atomic mass is 16.2. The number of rotatable bonds is 6. The summed E-state index contributed by atoms with van der Waals surface area (Å²) in [7, 11) is 0. The smallest absolute Gasteiger partial charge is 0.257 e. The molecule has 0 saturated carbocycles. The molecule has 0 aliphatic rings.